The number of morpholine rings is 1. The fourth-order valence-corrected chi connectivity index (χ4v) is 2.72. The summed E-state index contributed by atoms with van der Waals surface area (Å²) in [7, 11) is 1.45. The van der Waals surface area contributed by atoms with Crippen molar-refractivity contribution in [3.05, 3.63) is 59.7 Å². The van der Waals surface area contributed by atoms with Crippen molar-refractivity contribution in [3.8, 4) is 11.5 Å². The van der Waals surface area contributed by atoms with E-state index in [1.807, 2.05) is 12.1 Å². The van der Waals surface area contributed by atoms with Crippen molar-refractivity contribution < 1.29 is 19.4 Å². The third-order valence-electron chi connectivity index (χ3n) is 4.16. The standard InChI is InChI=1S/C20H21NO4/c1-24-20-14-16(5-9-19(20)23)18(22)8-4-15-2-6-17(7-3-15)21-10-12-25-13-11-21/h2-9,14,23H,10-13H2,1H3/b8-4+. The van der Waals surface area contributed by atoms with Crippen LogP contribution in [0.25, 0.3) is 6.08 Å². The van der Waals surface area contributed by atoms with E-state index in [4.69, 9.17) is 9.47 Å². The highest BCUT2D eigenvalue weighted by molar-refractivity contribution is 6.07. The van der Waals surface area contributed by atoms with Crippen LogP contribution in [0.4, 0.5) is 5.69 Å². The van der Waals surface area contributed by atoms with Gasteiger partial charge < -0.3 is 19.5 Å². The predicted octanol–water partition coefficient (Wildman–Crippen LogP) is 3.13. The Kier molecular flexibility index (Phi) is 5.36. The lowest BCUT2D eigenvalue weighted by molar-refractivity contribution is 0.104. The molecule has 2 aromatic carbocycles. The summed E-state index contributed by atoms with van der Waals surface area (Å²) in [6.45, 7) is 3.31. The number of rotatable bonds is 5. The third kappa shape index (κ3) is 4.19. The molecule has 0 spiro atoms. The molecule has 0 bridgehead atoms. The number of ketones is 1. The zero-order chi connectivity index (χ0) is 17.6. The minimum Gasteiger partial charge on any atom is -0.504 e. The van der Waals surface area contributed by atoms with Crippen molar-refractivity contribution >= 4 is 17.5 Å². The van der Waals surface area contributed by atoms with E-state index in [2.05, 4.69) is 17.0 Å². The second kappa shape index (κ2) is 7.85. The van der Waals surface area contributed by atoms with Gasteiger partial charge in [0.15, 0.2) is 17.3 Å². The molecule has 1 heterocycles. The monoisotopic (exact) mass is 339 g/mol. The number of carbonyl (C=O) groups excluding carboxylic acids is 1. The largest absolute Gasteiger partial charge is 0.504 e. The molecule has 0 atom stereocenters. The average Bonchev–Trinajstić information content (AvgIpc) is 2.67. The zero-order valence-electron chi connectivity index (χ0n) is 14.1. The minimum atomic E-state index is -0.143. The van der Waals surface area contributed by atoms with Crippen LogP contribution in [0.2, 0.25) is 0 Å². The van der Waals surface area contributed by atoms with Crippen LogP contribution in [0.15, 0.2) is 48.5 Å². The summed E-state index contributed by atoms with van der Waals surface area (Å²) in [5.41, 5.74) is 2.59. The van der Waals surface area contributed by atoms with Crippen LogP contribution in [-0.4, -0.2) is 44.3 Å². The summed E-state index contributed by atoms with van der Waals surface area (Å²) < 4.78 is 10.4. The third-order valence-corrected chi connectivity index (χ3v) is 4.16. The van der Waals surface area contributed by atoms with Crippen molar-refractivity contribution in [2.24, 2.45) is 0 Å². The SMILES string of the molecule is COc1cc(C(=O)/C=C/c2ccc(N3CCOCC3)cc2)ccc1O. The number of phenolic OH excluding ortho intramolecular Hbond substituents is 1. The first-order valence-electron chi connectivity index (χ1n) is 8.19. The molecule has 0 aliphatic carbocycles. The van der Waals surface area contributed by atoms with E-state index in [0.717, 1.165) is 37.6 Å². The van der Waals surface area contributed by atoms with E-state index in [1.165, 1.54) is 25.3 Å². The first-order valence-corrected chi connectivity index (χ1v) is 8.19. The van der Waals surface area contributed by atoms with Gasteiger partial charge in [0.05, 0.1) is 20.3 Å². The number of phenols is 1. The predicted molar refractivity (Wildman–Crippen MR) is 97.5 cm³/mol. The number of hydrogen-bond acceptors (Lipinski definition) is 5. The molecule has 0 aromatic heterocycles. The number of hydrogen-bond donors (Lipinski definition) is 1. The first-order chi connectivity index (χ1) is 12.2. The number of allylic oxidation sites excluding steroid dienone is 1. The molecule has 5 heteroatoms. The van der Waals surface area contributed by atoms with Gasteiger partial charge in [0.25, 0.3) is 0 Å². The van der Waals surface area contributed by atoms with Crippen LogP contribution < -0.4 is 9.64 Å². The van der Waals surface area contributed by atoms with Crippen LogP contribution >= 0.6 is 0 Å². The van der Waals surface area contributed by atoms with Gasteiger partial charge in [0, 0.05) is 24.3 Å². The molecule has 1 saturated heterocycles. The van der Waals surface area contributed by atoms with Crippen LogP contribution in [0.3, 0.4) is 0 Å². The minimum absolute atomic E-state index is 0.0155. The second-order valence-electron chi connectivity index (χ2n) is 5.78. The van der Waals surface area contributed by atoms with Crippen LogP contribution in [0.5, 0.6) is 11.5 Å². The number of carbonyl (C=O) groups is 1. The summed E-state index contributed by atoms with van der Waals surface area (Å²) >= 11 is 0. The molecule has 5 nitrogen and oxygen atoms in total. The molecule has 25 heavy (non-hydrogen) atoms. The molecular weight excluding hydrogens is 318 g/mol. The number of aromatic hydroxyl groups is 1. The quantitative estimate of drug-likeness (QED) is 0.670. The van der Waals surface area contributed by atoms with Crippen LogP contribution in [-0.2, 0) is 4.74 Å². The lowest BCUT2D eigenvalue weighted by Gasteiger charge is -2.28. The van der Waals surface area contributed by atoms with E-state index in [9.17, 15) is 9.90 Å². The van der Waals surface area contributed by atoms with Gasteiger partial charge in [-0.2, -0.15) is 0 Å². The summed E-state index contributed by atoms with van der Waals surface area (Å²) in [6, 6.07) is 12.7. The Bertz CT molecular complexity index is 762. The zero-order valence-corrected chi connectivity index (χ0v) is 14.1. The van der Waals surface area contributed by atoms with E-state index in [-0.39, 0.29) is 17.3 Å². The van der Waals surface area contributed by atoms with E-state index in [1.54, 1.807) is 12.1 Å². The molecule has 1 fully saturated rings. The van der Waals surface area contributed by atoms with Gasteiger partial charge in [0.1, 0.15) is 0 Å². The lowest BCUT2D eigenvalue weighted by atomic mass is 10.1. The van der Waals surface area contributed by atoms with Gasteiger partial charge in [-0.1, -0.05) is 18.2 Å². The summed E-state index contributed by atoms with van der Waals surface area (Å²) in [5, 5.41) is 9.59. The Morgan fingerprint density at radius 2 is 1.88 bits per heavy atom. The highest BCUT2D eigenvalue weighted by Gasteiger charge is 2.10. The fourth-order valence-electron chi connectivity index (χ4n) is 2.72. The maximum Gasteiger partial charge on any atom is 0.185 e. The molecule has 3 rings (SSSR count). The van der Waals surface area contributed by atoms with Crippen molar-refractivity contribution in [1.29, 1.82) is 0 Å². The molecule has 130 valence electrons. The highest BCUT2D eigenvalue weighted by Crippen LogP contribution is 2.26. The Morgan fingerprint density at radius 3 is 2.56 bits per heavy atom. The van der Waals surface area contributed by atoms with Gasteiger partial charge in [-0.15, -0.1) is 0 Å². The molecule has 0 radical (unpaired) electrons. The Balaban J connectivity index is 1.67. The van der Waals surface area contributed by atoms with Crippen molar-refractivity contribution in [2.75, 3.05) is 38.3 Å². The lowest BCUT2D eigenvalue weighted by Crippen LogP contribution is -2.36. The van der Waals surface area contributed by atoms with E-state index >= 15 is 0 Å². The van der Waals surface area contributed by atoms with Crippen molar-refractivity contribution in [3.63, 3.8) is 0 Å². The fraction of sp³-hybridized carbons (Fsp3) is 0.250. The Morgan fingerprint density at radius 1 is 1.16 bits per heavy atom. The molecule has 0 unspecified atom stereocenters. The molecular formula is C20H21NO4. The second-order valence-corrected chi connectivity index (χ2v) is 5.78. The molecule has 1 N–H and O–H groups in total. The summed E-state index contributed by atoms with van der Waals surface area (Å²) in [4.78, 5) is 14.5. The molecule has 1 aliphatic heterocycles. The number of nitrogens with zero attached hydrogens (tertiary/aromatic N) is 1. The van der Waals surface area contributed by atoms with Gasteiger partial charge in [0.2, 0.25) is 0 Å². The van der Waals surface area contributed by atoms with Crippen molar-refractivity contribution in [1.82, 2.24) is 0 Å². The normalized spacial score (nSPS) is 14.7. The number of benzene rings is 2. The first kappa shape index (κ1) is 17.0. The smallest absolute Gasteiger partial charge is 0.185 e. The maximum atomic E-state index is 12.3. The number of ether oxygens (including phenoxy) is 2. The Labute approximate surface area is 147 Å². The highest BCUT2D eigenvalue weighted by atomic mass is 16.5. The maximum absolute atomic E-state index is 12.3. The van der Waals surface area contributed by atoms with Gasteiger partial charge >= 0.3 is 0 Å². The van der Waals surface area contributed by atoms with Crippen LogP contribution in [0.1, 0.15) is 15.9 Å². The van der Waals surface area contributed by atoms with Crippen LogP contribution in [0, 0.1) is 0 Å². The molecule has 1 aliphatic rings. The average molecular weight is 339 g/mol. The molecule has 2 aromatic rings. The van der Waals surface area contributed by atoms with Gasteiger partial charge in [-0.05, 0) is 42.0 Å². The topological polar surface area (TPSA) is 59.0 Å². The molecule has 0 saturated carbocycles. The Hall–Kier alpha value is -2.79. The molecule has 0 amide bonds. The van der Waals surface area contributed by atoms with Gasteiger partial charge in [-0.3, -0.25) is 4.79 Å². The van der Waals surface area contributed by atoms with Crippen molar-refractivity contribution in [2.45, 2.75) is 0 Å². The van der Waals surface area contributed by atoms with E-state index in [0.29, 0.717) is 5.56 Å². The van der Waals surface area contributed by atoms with Gasteiger partial charge in [-0.25, -0.2) is 0 Å². The summed E-state index contributed by atoms with van der Waals surface area (Å²) in [6.07, 6.45) is 3.31. The summed E-state index contributed by atoms with van der Waals surface area (Å²) in [5.74, 6) is 0.159. The number of anilines is 1. The number of methoxy groups -OCH3 is 1. The van der Waals surface area contributed by atoms with E-state index < -0.39 is 0 Å².